The third-order valence-corrected chi connectivity index (χ3v) is 7.94. The second kappa shape index (κ2) is 13.6. The van der Waals surface area contributed by atoms with E-state index in [1.165, 1.54) is 38.5 Å². The Morgan fingerprint density at radius 3 is 1.70 bits per heavy atom. The van der Waals surface area contributed by atoms with Gasteiger partial charge in [0.15, 0.2) is 17.3 Å². The van der Waals surface area contributed by atoms with Crippen LogP contribution in [0, 0.1) is 0 Å². The van der Waals surface area contributed by atoms with Crippen molar-refractivity contribution in [3.63, 3.8) is 0 Å². The van der Waals surface area contributed by atoms with Crippen molar-refractivity contribution in [2.45, 2.75) is 67.5 Å². The first-order valence-corrected chi connectivity index (χ1v) is 14.1. The minimum Gasteiger partial charge on any atom is -0.571 e. The van der Waals surface area contributed by atoms with Crippen molar-refractivity contribution in [1.29, 1.82) is 0 Å². The van der Waals surface area contributed by atoms with Crippen LogP contribution in [0.4, 0.5) is 0 Å². The van der Waals surface area contributed by atoms with Crippen molar-refractivity contribution < 1.29 is 84.2 Å². The molecule has 5 rings (SSSR count). The first-order valence-electron chi connectivity index (χ1n) is 14.1. The molecule has 0 bridgehead atoms. The quantitative estimate of drug-likeness (QED) is 0.124. The molecule has 11 atom stereocenters. The number of aliphatic hydroxyl groups excluding tert-OH is 8. The molecule has 0 radical (unpaired) electrons. The minimum absolute atomic E-state index is 0.00471. The zero-order chi connectivity index (χ0) is 33.4. The number of hydrogen-bond acceptors (Lipinski definition) is 16. The summed E-state index contributed by atoms with van der Waals surface area (Å²) in [5.41, 5.74) is 0.441. The smallest absolute Gasteiger partial charge is 0.270 e. The van der Waals surface area contributed by atoms with Crippen molar-refractivity contribution in [1.82, 2.24) is 0 Å². The van der Waals surface area contributed by atoms with E-state index in [4.69, 9.17) is 28.4 Å². The topological polar surface area (TPSA) is 270 Å². The van der Waals surface area contributed by atoms with Crippen LogP contribution < -0.4 is 14.2 Å². The Kier molecular flexibility index (Phi) is 9.99. The molecular weight excluding hydrogens is 620 g/mol. The number of aromatic hydroxyl groups is 3. The molecule has 2 fully saturated rings. The molecular formula is C29H37O17+. The van der Waals surface area contributed by atoms with Gasteiger partial charge in [-0.1, -0.05) is 0 Å². The van der Waals surface area contributed by atoms with Gasteiger partial charge in [-0.2, -0.15) is 0 Å². The maximum Gasteiger partial charge on any atom is 0.270 e. The number of ether oxygens (including phenoxy) is 7. The van der Waals surface area contributed by atoms with E-state index in [2.05, 4.69) is 4.74 Å². The van der Waals surface area contributed by atoms with Crippen LogP contribution in [0.5, 0.6) is 34.5 Å². The van der Waals surface area contributed by atoms with Gasteiger partial charge in [0, 0.05) is 12.1 Å². The van der Waals surface area contributed by atoms with Crippen LogP contribution in [0.3, 0.4) is 0 Å². The van der Waals surface area contributed by atoms with Crippen LogP contribution in [0.15, 0.2) is 30.0 Å². The average molecular weight is 658 g/mol. The first-order chi connectivity index (χ1) is 21.9. The van der Waals surface area contributed by atoms with Crippen LogP contribution in [-0.2, 0) is 14.2 Å². The van der Waals surface area contributed by atoms with Gasteiger partial charge in [-0.25, -0.2) is 0 Å². The summed E-state index contributed by atoms with van der Waals surface area (Å²) < 4.78 is 38.1. The molecule has 2 aromatic rings. The summed E-state index contributed by atoms with van der Waals surface area (Å²) >= 11 is 0. The SMILES string of the molecule is COc1cc(C2[OH+]c3cc(O)cc(O[C@@H]4O[C@@H](CO)[C@@H](O)[C@@H](O)[C@H]4O)c3C=C2O[C@H]2O[C@@H](CO)[C@@H](O)[C@@H](O)[C@H]2O)cc(OC)c1O. The van der Waals surface area contributed by atoms with Gasteiger partial charge in [0.05, 0.1) is 39.1 Å². The summed E-state index contributed by atoms with van der Waals surface area (Å²) in [6.45, 7) is -1.43. The molecule has 2 saturated heterocycles. The lowest BCUT2D eigenvalue weighted by Crippen LogP contribution is -2.60. The molecule has 0 saturated carbocycles. The Morgan fingerprint density at radius 2 is 1.20 bits per heavy atom. The van der Waals surface area contributed by atoms with Gasteiger partial charge in [-0.3, -0.25) is 0 Å². The van der Waals surface area contributed by atoms with Gasteiger partial charge in [-0.15, -0.1) is 0 Å². The van der Waals surface area contributed by atoms with Crippen molar-refractivity contribution in [2.75, 3.05) is 27.4 Å². The van der Waals surface area contributed by atoms with Crippen LogP contribution in [-0.4, -0.2) is 145 Å². The lowest BCUT2D eigenvalue weighted by atomic mass is 9.98. The van der Waals surface area contributed by atoms with Gasteiger partial charge >= 0.3 is 0 Å². The monoisotopic (exact) mass is 657 g/mol. The van der Waals surface area contributed by atoms with E-state index in [0.717, 1.165) is 6.07 Å². The molecule has 254 valence electrons. The summed E-state index contributed by atoms with van der Waals surface area (Å²) in [7, 11) is 2.63. The number of phenolic OH excluding ortho intramolecular Hbond substituents is 2. The summed E-state index contributed by atoms with van der Waals surface area (Å²) in [6.07, 6.45) is -16.0. The van der Waals surface area contributed by atoms with Gasteiger partial charge < -0.3 is 84.2 Å². The summed E-state index contributed by atoms with van der Waals surface area (Å²) in [5, 5.41) is 102. The molecule has 0 aromatic heterocycles. The molecule has 46 heavy (non-hydrogen) atoms. The normalized spacial score (nSPS) is 34.1. The number of methoxy groups -OCH3 is 2. The zero-order valence-corrected chi connectivity index (χ0v) is 24.5. The van der Waals surface area contributed by atoms with Crippen molar-refractivity contribution >= 4 is 6.08 Å². The number of rotatable bonds is 9. The molecule has 3 heterocycles. The molecule has 0 spiro atoms. The van der Waals surface area contributed by atoms with E-state index in [9.17, 15) is 51.1 Å². The van der Waals surface area contributed by atoms with Gasteiger partial charge in [0.1, 0.15) is 65.9 Å². The number of benzene rings is 2. The lowest BCUT2D eigenvalue weighted by molar-refractivity contribution is -0.295. The minimum atomic E-state index is -1.80. The van der Waals surface area contributed by atoms with Crippen LogP contribution in [0.1, 0.15) is 17.2 Å². The molecule has 3 aliphatic rings. The summed E-state index contributed by atoms with van der Waals surface area (Å²) in [5.74, 6) is -0.758. The molecule has 2 aromatic carbocycles. The third-order valence-electron chi connectivity index (χ3n) is 7.94. The molecule has 17 nitrogen and oxygen atoms in total. The summed E-state index contributed by atoms with van der Waals surface area (Å²) in [4.78, 5) is 0. The third kappa shape index (κ3) is 6.21. The fourth-order valence-electron chi connectivity index (χ4n) is 5.37. The Bertz CT molecular complexity index is 1390. The molecule has 3 aliphatic heterocycles. The highest BCUT2D eigenvalue weighted by Gasteiger charge is 2.48. The highest BCUT2D eigenvalue weighted by atomic mass is 16.7. The number of fused-ring (bicyclic) bond motifs is 1. The van der Waals surface area contributed by atoms with Crippen molar-refractivity contribution in [3.8, 4) is 34.5 Å². The molecule has 17 heteroatoms. The molecule has 11 N–H and O–H groups in total. The second-order valence-corrected chi connectivity index (χ2v) is 10.9. The molecule has 1 unspecified atom stereocenters. The largest absolute Gasteiger partial charge is 0.571 e. The van der Waals surface area contributed by atoms with Gasteiger partial charge in [0.2, 0.25) is 18.3 Å². The maximum atomic E-state index is 10.7. The Morgan fingerprint density at radius 1 is 0.674 bits per heavy atom. The van der Waals surface area contributed by atoms with Crippen LogP contribution in [0.25, 0.3) is 6.08 Å². The number of phenols is 2. The van der Waals surface area contributed by atoms with E-state index in [-0.39, 0.29) is 45.8 Å². The second-order valence-electron chi connectivity index (χ2n) is 10.9. The van der Waals surface area contributed by atoms with Gasteiger partial charge in [-0.05, 0) is 12.1 Å². The van der Waals surface area contributed by atoms with Crippen molar-refractivity contribution in [2.24, 2.45) is 0 Å². The van der Waals surface area contributed by atoms with Gasteiger partial charge in [0.25, 0.3) is 11.9 Å². The predicted molar refractivity (Wildman–Crippen MR) is 151 cm³/mol. The van der Waals surface area contributed by atoms with E-state index in [0.29, 0.717) is 5.56 Å². The van der Waals surface area contributed by atoms with E-state index in [1.54, 1.807) is 0 Å². The lowest BCUT2D eigenvalue weighted by Gasteiger charge is -2.40. The summed E-state index contributed by atoms with van der Waals surface area (Å²) in [6, 6.07) is 5.27. The highest BCUT2D eigenvalue weighted by Crippen LogP contribution is 2.48. The van der Waals surface area contributed by atoms with Crippen molar-refractivity contribution in [3.05, 3.63) is 41.2 Å². The fourth-order valence-corrected chi connectivity index (χ4v) is 5.37. The molecule has 0 amide bonds. The fraction of sp³-hybridized carbons (Fsp3) is 0.517. The average Bonchev–Trinajstić information content (AvgIpc) is 3.05. The Labute approximate surface area is 261 Å². The standard InChI is InChI=1S/C29H36O17/c1-40-15-3-10(4-16(41-2)20(15)33)27-17(44-29-26(39)24(37)22(35)19(9-31)46-29)7-12-13(42-27)5-11(32)6-14(12)43-28-25(38)23(36)21(34)18(8-30)45-28/h3-7,18-19,21-39H,8-9H2,1-2H3/p+1/t18-,19-,21+,22+,23+,24+,25+,26+,27?,28+,29-/m0/s1. The van der Waals surface area contributed by atoms with Crippen LogP contribution >= 0.6 is 0 Å². The van der Waals surface area contributed by atoms with E-state index < -0.39 is 80.7 Å². The number of hydrogen-bond donors (Lipinski definition) is 10. The first kappa shape index (κ1) is 33.7. The predicted octanol–water partition coefficient (Wildman–Crippen LogP) is -2.55. The van der Waals surface area contributed by atoms with E-state index in [1.807, 2.05) is 0 Å². The maximum absolute atomic E-state index is 10.7. The molecule has 0 aliphatic carbocycles. The van der Waals surface area contributed by atoms with E-state index >= 15 is 0 Å². The zero-order valence-electron chi connectivity index (χ0n) is 24.5. The highest BCUT2D eigenvalue weighted by molar-refractivity contribution is 5.70. The van der Waals surface area contributed by atoms with Crippen LogP contribution in [0.2, 0.25) is 0 Å². The number of aliphatic hydroxyl groups is 9. The Hall–Kier alpha value is -3.62. The Balaban J connectivity index is 1.59.